The van der Waals surface area contributed by atoms with Gasteiger partial charge in [-0.2, -0.15) is 0 Å². The summed E-state index contributed by atoms with van der Waals surface area (Å²) in [5, 5.41) is 2.71. The van der Waals surface area contributed by atoms with E-state index in [1.54, 1.807) is 0 Å². The van der Waals surface area contributed by atoms with Crippen LogP contribution < -0.4 is 0 Å². The molecule has 0 heteroatoms. The highest BCUT2D eigenvalue weighted by atomic mass is 14.1. The van der Waals surface area contributed by atoms with Gasteiger partial charge in [-0.1, -0.05) is 42.5 Å². The Balaban J connectivity index is 0.000000457. The van der Waals surface area contributed by atoms with E-state index >= 15 is 0 Å². The molecule has 0 saturated carbocycles. The molecule has 0 atom stereocenters. The largest absolute Gasteiger partial charge is 0.106 e. The van der Waals surface area contributed by atoms with Crippen LogP contribution in [0.4, 0.5) is 0 Å². The third-order valence-corrected chi connectivity index (χ3v) is 2.89. The van der Waals surface area contributed by atoms with Crippen LogP contribution in [0.5, 0.6) is 0 Å². The standard InChI is InChI=1S/C14H12.C2H4/c1-2-6-12-10-14-8-4-3-7-13(14)9-11(12)5-1;1-2/h1-3,5-7,9-10H,4,8H2;1-2H2. The molecule has 2 aromatic rings. The maximum absolute atomic E-state index is 3.00. The highest BCUT2D eigenvalue weighted by molar-refractivity contribution is 5.86. The monoisotopic (exact) mass is 208 g/mol. The molecule has 0 aliphatic heterocycles. The molecule has 1 aliphatic carbocycles. The van der Waals surface area contributed by atoms with Gasteiger partial charge in [0, 0.05) is 0 Å². The first kappa shape index (κ1) is 10.7. The van der Waals surface area contributed by atoms with E-state index in [0.717, 1.165) is 0 Å². The smallest absolute Gasteiger partial charge is 0.0178 e. The van der Waals surface area contributed by atoms with Crippen molar-refractivity contribution in [3.63, 3.8) is 0 Å². The van der Waals surface area contributed by atoms with Gasteiger partial charge in [0.2, 0.25) is 0 Å². The molecule has 0 nitrogen and oxygen atoms in total. The lowest BCUT2D eigenvalue weighted by molar-refractivity contribution is 0.989. The molecule has 16 heavy (non-hydrogen) atoms. The molecule has 1 aliphatic rings. The van der Waals surface area contributed by atoms with E-state index in [-0.39, 0.29) is 0 Å². The van der Waals surface area contributed by atoms with Gasteiger partial charge in [-0.3, -0.25) is 0 Å². The summed E-state index contributed by atoms with van der Waals surface area (Å²) in [6, 6.07) is 13.2. The maximum atomic E-state index is 3.00. The zero-order valence-electron chi connectivity index (χ0n) is 9.45. The van der Waals surface area contributed by atoms with Crippen LogP contribution in [0.15, 0.2) is 55.6 Å². The SMILES string of the molecule is C1=Cc2cc3ccccc3cc2CC1.C=C. The van der Waals surface area contributed by atoms with Crippen LogP contribution >= 0.6 is 0 Å². The summed E-state index contributed by atoms with van der Waals surface area (Å²) in [7, 11) is 0. The topological polar surface area (TPSA) is 0 Å². The van der Waals surface area contributed by atoms with Crippen LogP contribution in [-0.2, 0) is 6.42 Å². The number of allylic oxidation sites excluding steroid dienone is 1. The van der Waals surface area contributed by atoms with Crippen LogP contribution in [0.2, 0.25) is 0 Å². The Labute approximate surface area is 96.9 Å². The van der Waals surface area contributed by atoms with E-state index < -0.39 is 0 Å². The number of aryl methyl sites for hydroxylation is 1. The van der Waals surface area contributed by atoms with E-state index in [2.05, 4.69) is 61.7 Å². The fourth-order valence-corrected chi connectivity index (χ4v) is 2.13. The van der Waals surface area contributed by atoms with Crippen molar-refractivity contribution >= 4 is 16.8 Å². The van der Waals surface area contributed by atoms with E-state index in [1.807, 2.05) is 0 Å². The highest BCUT2D eigenvalue weighted by Gasteiger charge is 2.05. The molecule has 0 heterocycles. The molecule has 2 aromatic carbocycles. The minimum Gasteiger partial charge on any atom is -0.106 e. The first-order valence-corrected chi connectivity index (χ1v) is 5.62. The molecule has 0 saturated heterocycles. The Kier molecular flexibility index (Phi) is 3.21. The molecule has 0 amide bonds. The zero-order valence-corrected chi connectivity index (χ0v) is 9.45. The summed E-state index contributed by atoms with van der Waals surface area (Å²) in [5.74, 6) is 0. The van der Waals surface area contributed by atoms with E-state index in [1.165, 1.54) is 34.7 Å². The molecule has 0 bridgehead atoms. The summed E-state index contributed by atoms with van der Waals surface area (Å²) in [5.41, 5.74) is 2.89. The van der Waals surface area contributed by atoms with Gasteiger partial charge in [-0.15, -0.1) is 13.2 Å². The average Bonchev–Trinajstić information content (AvgIpc) is 2.38. The third-order valence-electron chi connectivity index (χ3n) is 2.89. The number of rotatable bonds is 0. The van der Waals surface area contributed by atoms with Crippen molar-refractivity contribution in [3.8, 4) is 0 Å². The summed E-state index contributed by atoms with van der Waals surface area (Å²) in [4.78, 5) is 0. The molecule has 0 radical (unpaired) electrons. The van der Waals surface area contributed by atoms with Crippen LogP contribution in [0.3, 0.4) is 0 Å². The molecule has 80 valence electrons. The average molecular weight is 208 g/mol. The van der Waals surface area contributed by atoms with Gasteiger partial charge >= 0.3 is 0 Å². The lowest BCUT2D eigenvalue weighted by Gasteiger charge is -2.11. The van der Waals surface area contributed by atoms with Crippen LogP contribution in [0.25, 0.3) is 16.8 Å². The molecule has 0 unspecified atom stereocenters. The normalized spacial score (nSPS) is 12.8. The Hall–Kier alpha value is -1.82. The molecule has 0 fully saturated rings. The van der Waals surface area contributed by atoms with Gasteiger partial charge in [0.25, 0.3) is 0 Å². The van der Waals surface area contributed by atoms with Crippen LogP contribution in [-0.4, -0.2) is 0 Å². The first-order chi connectivity index (χ1) is 7.93. The van der Waals surface area contributed by atoms with Crippen LogP contribution in [0, 0.1) is 0 Å². The Morgan fingerprint density at radius 3 is 2.38 bits per heavy atom. The second-order valence-corrected chi connectivity index (χ2v) is 3.84. The van der Waals surface area contributed by atoms with Gasteiger partial charge in [0.05, 0.1) is 0 Å². The van der Waals surface area contributed by atoms with Gasteiger partial charge in [-0.05, 0) is 40.8 Å². The Bertz CT molecular complexity index is 521. The van der Waals surface area contributed by atoms with Crippen molar-refractivity contribution in [3.05, 3.63) is 66.8 Å². The van der Waals surface area contributed by atoms with Gasteiger partial charge in [0.1, 0.15) is 0 Å². The minimum atomic E-state index is 1.19. The van der Waals surface area contributed by atoms with Crippen molar-refractivity contribution in [2.24, 2.45) is 0 Å². The summed E-state index contributed by atoms with van der Waals surface area (Å²) < 4.78 is 0. The lowest BCUT2D eigenvalue weighted by atomic mass is 9.94. The predicted molar refractivity (Wildman–Crippen MR) is 72.6 cm³/mol. The molecule has 0 N–H and O–H groups in total. The van der Waals surface area contributed by atoms with E-state index in [0.29, 0.717) is 0 Å². The van der Waals surface area contributed by atoms with Gasteiger partial charge < -0.3 is 0 Å². The fraction of sp³-hybridized carbons (Fsp3) is 0.125. The quantitative estimate of drug-likeness (QED) is 0.555. The maximum Gasteiger partial charge on any atom is -0.0178 e. The number of hydrogen-bond acceptors (Lipinski definition) is 0. The third kappa shape index (κ3) is 1.92. The van der Waals surface area contributed by atoms with Crippen molar-refractivity contribution < 1.29 is 0 Å². The predicted octanol–water partition coefficient (Wildman–Crippen LogP) is 4.60. The second kappa shape index (κ2) is 4.80. The summed E-state index contributed by atoms with van der Waals surface area (Å²) in [6.07, 6.45) is 6.88. The molecule has 0 spiro atoms. The van der Waals surface area contributed by atoms with Crippen molar-refractivity contribution in [2.45, 2.75) is 12.8 Å². The Morgan fingerprint density at radius 2 is 1.62 bits per heavy atom. The van der Waals surface area contributed by atoms with Crippen molar-refractivity contribution in [1.29, 1.82) is 0 Å². The number of benzene rings is 2. The highest BCUT2D eigenvalue weighted by Crippen LogP contribution is 2.25. The number of hydrogen-bond donors (Lipinski definition) is 0. The molecular formula is C16H16. The van der Waals surface area contributed by atoms with E-state index in [9.17, 15) is 0 Å². The Morgan fingerprint density at radius 1 is 0.938 bits per heavy atom. The summed E-state index contributed by atoms with van der Waals surface area (Å²) >= 11 is 0. The van der Waals surface area contributed by atoms with Crippen LogP contribution in [0.1, 0.15) is 17.5 Å². The first-order valence-electron chi connectivity index (χ1n) is 5.62. The van der Waals surface area contributed by atoms with Crippen molar-refractivity contribution in [2.75, 3.05) is 0 Å². The summed E-state index contributed by atoms with van der Waals surface area (Å²) in [6.45, 7) is 6.00. The molecule has 3 rings (SSSR count). The van der Waals surface area contributed by atoms with Gasteiger partial charge in [0.15, 0.2) is 0 Å². The zero-order chi connectivity index (χ0) is 11.4. The molecular weight excluding hydrogens is 192 g/mol. The van der Waals surface area contributed by atoms with E-state index in [4.69, 9.17) is 0 Å². The van der Waals surface area contributed by atoms with Crippen molar-refractivity contribution in [1.82, 2.24) is 0 Å². The second-order valence-electron chi connectivity index (χ2n) is 3.84. The number of fused-ring (bicyclic) bond motifs is 2. The lowest BCUT2D eigenvalue weighted by Crippen LogP contribution is -1.93. The van der Waals surface area contributed by atoms with Gasteiger partial charge in [-0.25, -0.2) is 0 Å². The molecule has 0 aromatic heterocycles. The minimum absolute atomic E-state index is 1.19. The fourth-order valence-electron chi connectivity index (χ4n) is 2.13.